The summed E-state index contributed by atoms with van der Waals surface area (Å²) < 4.78 is 5.74. The number of nitrogens with one attached hydrogen (secondary N) is 2. The van der Waals surface area contributed by atoms with Crippen molar-refractivity contribution in [1.82, 2.24) is 10.6 Å². The minimum absolute atomic E-state index is 0.248. The van der Waals surface area contributed by atoms with Gasteiger partial charge in [-0.1, -0.05) is 20.3 Å². The highest BCUT2D eigenvalue weighted by Gasteiger charge is 2.48. The summed E-state index contributed by atoms with van der Waals surface area (Å²) in [5, 5.41) is 46.9. The lowest BCUT2D eigenvalue weighted by Crippen LogP contribution is -2.66. The van der Waals surface area contributed by atoms with Gasteiger partial charge in [-0.25, -0.2) is 0 Å². The third kappa shape index (κ3) is 6.29. The van der Waals surface area contributed by atoms with E-state index < -0.39 is 42.0 Å². The minimum Gasteiger partial charge on any atom is -0.391 e. The number of piperidine rings is 1. The van der Waals surface area contributed by atoms with Gasteiger partial charge in [0.05, 0.1) is 18.2 Å². The van der Waals surface area contributed by atoms with Gasteiger partial charge in [0.1, 0.15) is 29.9 Å². The van der Waals surface area contributed by atoms with Crippen LogP contribution in [0.4, 0.5) is 0 Å². The molecule has 0 aromatic heterocycles. The lowest BCUT2D eigenvalue weighted by atomic mass is 9.84. The molecule has 4 unspecified atom stereocenters. The molecule has 0 bridgehead atoms. The van der Waals surface area contributed by atoms with E-state index in [9.17, 15) is 25.2 Å². The molecule has 9 heteroatoms. The maximum atomic E-state index is 12.9. The van der Waals surface area contributed by atoms with Crippen LogP contribution in [-0.2, 0) is 9.53 Å². The first-order chi connectivity index (χ1) is 13.7. The van der Waals surface area contributed by atoms with Gasteiger partial charge in [0.2, 0.25) is 5.91 Å². The summed E-state index contributed by atoms with van der Waals surface area (Å²) in [5.74, 6) is 0.845. The van der Waals surface area contributed by atoms with Crippen LogP contribution in [0, 0.1) is 11.8 Å². The summed E-state index contributed by atoms with van der Waals surface area (Å²) in [4.78, 5) is 12.9. The van der Waals surface area contributed by atoms with Crippen molar-refractivity contribution in [2.75, 3.05) is 12.8 Å². The molecule has 0 spiro atoms. The Labute approximate surface area is 177 Å². The molecule has 29 heavy (non-hydrogen) atoms. The molecule has 0 radical (unpaired) electrons. The van der Waals surface area contributed by atoms with Crippen LogP contribution >= 0.6 is 11.8 Å². The largest absolute Gasteiger partial charge is 0.391 e. The molecule has 6 N–H and O–H groups in total. The molecule has 10 atom stereocenters. The van der Waals surface area contributed by atoms with Gasteiger partial charge in [-0.05, 0) is 50.8 Å². The molecule has 2 rings (SSSR count). The van der Waals surface area contributed by atoms with Crippen molar-refractivity contribution < 1.29 is 30.0 Å². The van der Waals surface area contributed by atoms with Crippen LogP contribution in [0.15, 0.2) is 0 Å². The Kier molecular flexibility index (Phi) is 9.66. The van der Waals surface area contributed by atoms with E-state index >= 15 is 0 Å². The Morgan fingerprint density at radius 3 is 2.52 bits per heavy atom. The minimum atomic E-state index is -1.43. The van der Waals surface area contributed by atoms with Gasteiger partial charge in [0, 0.05) is 0 Å². The molecule has 2 saturated heterocycles. The second-order valence-corrected chi connectivity index (χ2v) is 9.53. The lowest BCUT2D eigenvalue weighted by Gasteiger charge is -2.44. The zero-order chi connectivity index (χ0) is 21.7. The first-order valence-electron chi connectivity index (χ1n) is 10.6. The third-order valence-electron chi connectivity index (χ3n) is 6.28. The monoisotopic (exact) mass is 434 g/mol. The number of aliphatic hydroxyl groups excluding tert-OH is 4. The maximum absolute atomic E-state index is 12.9. The first kappa shape index (κ1) is 24.8. The predicted molar refractivity (Wildman–Crippen MR) is 112 cm³/mol. The molecule has 0 aromatic rings. The second kappa shape index (κ2) is 11.3. The highest BCUT2D eigenvalue weighted by molar-refractivity contribution is 7.99. The number of hydrogen-bond donors (Lipinski definition) is 6. The van der Waals surface area contributed by atoms with E-state index in [1.165, 1.54) is 18.7 Å². The number of carbonyl (C=O) groups is 1. The topological polar surface area (TPSA) is 131 Å². The Balaban J connectivity index is 2.05. The Bertz CT molecular complexity index is 523. The van der Waals surface area contributed by atoms with Gasteiger partial charge in [-0.2, -0.15) is 0 Å². The molecule has 2 aliphatic rings. The quantitative estimate of drug-likeness (QED) is 0.310. The van der Waals surface area contributed by atoms with Gasteiger partial charge in [0.15, 0.2) is 0 Å². The average molecular weight is 435 g/mol. The predicted octanol–water partition coefficient (Wildman–Crippen LogP) is -0.173. The Morgan fingerprint density at radius 2 is 1.93 bits per heavy atom. The molecule has 8 nitrogen and oxygen atoms in total. The zero-order valence-electron chi connectivity index (χ0n) is 17.8. The summed E-state index contributed by atoms with van der Waals surface area (Å²) in [5.41, 5.74) is -0.760. The lowest BCUT2D eigenvalue weighted by molar-refractivity contribution is -0.211. The fourth-order valence-corrected chi connectivity index (χ4v) is 4.93. The smallest absolute Gasteiger partial charge is 0.237 e. The fourth-order valence-electron chi connectivity index (χ4n) is 4.25. The number of aliphatic hydroxyl groups is 4. The van der Waals surface area contributed by atoms with E-state index in [-0.39, 0.29) is 11.9 Å². The van der Waals surface area contributed by atoms with Crippen LogP contribution in [0.1, 0.15) is 46.5 Å². The van der Waals surface area contributed by atoms with Crippen molar-refractivity contribution in [1.29, 1.82) is 0 Å². The van der Waals surface area contributed by atoms with Crippen LogP contribution in [0.3, 0.4) is 0 Å². The molecule has 2 aliphatic heterocycles. The zero-order valence-corrected chi connectivity index (χ0v) is 18.6. The SMILES string of the molecule is CCC(C)CC1CCNC(C(=O)N[C@@H]([C@H]2O[C@H](SC)[C@H](O)C(O)[C@H]2O)[C@@H](C)O)C1. The van der Waals surface area contributed by atoms with Crippen LogP contribution in [0.5, 0.6) is 0 Å². The van der Waals surface area contributed by atoms with Gasteiger partial charge in [0.25, 0.3) is 0 Å². The van der Waals surface area contributed by atoms with E-state index in [1.807, 2.05) is 0 Å². The van der Waals surface area contributed by atoms with E-state index in [4.69, 9.17) is 4.74 Å². The number of ether oxygens (including phenoxy) is 1. The van der Waals surface area contributed by atoms with E-state index in [0.717, 1.165) is 32.2 Å². The first-order valence-corrected chi connectivity index (χ1v) is 11.9. The number of carbonyl (C=O) groups excluding carboxylic acids is 1. The van der Waals surface area contributed by atoms with Crippen molar-refractivity contribution in [3.05, 3.63) is 0 Å². The van der Waals surface area contributed by atoms with Crippen molar-refractivity contribution in [2.24, 2.45) is 11.8 Å². The summed E-state index contributed by atoms with van der Waals surface area (Å²) >= 11 is 1.20. The number of thioether (sulfide) groups is 1. The average Bonchev–Trinajstić information content (AvgIpc) is 2.70. The summed E-state index contributed by atoms with van der Waals surface area (Å²) in [6, 6.07) is -1.28. The van der Waals surface area contributed by atoms with Crippen LogP contribution in [0.25, 0.3) is 0 Å². The highest BCUT2D eigenvalue weighted by Crippen LogP contribution is 2.30. The van der Waals surface area contributed by atoms with Crippen LogP contribution in [-0.4, -0.2) is 87.2 Å². The summed E-state index contributed by atoms with van der Waals surface area (Å²) in [6.45, 7) is 6.67. The van der Waals surface area contributed by atoms with Crippen molar-refractivity contribution in [2.45, 2.75) is 94.5 Å². The van der Waals surface area contributed by atoms with E-state index in [2.05, 4.69) is 24.5 Å². The van der Waals surface area contributed by atoms with Crippen molar-refractivity contribution in [3.8, 4) is 0 Å². The van der Waals surface area contributed by atoms with Crippen molar-refractivity contribution in [3.63, 3.8) is 0 Å². The molecule has 0 saturated carbocycles. The molecule has 1 amide bonds. The van der Waals surface area contributed by atoms with Crippen LogP contribution in [0.2, 0.25) is 0 Å². The molecular weight excluding hydrogens is 396 g/mol. The molecule has 2 heterocycles. The third-order valence-corrected chi connectivity index (χ3v) is 7.14. The Hall–Kier alpha value is -0.420. The Morgan fingerprint density at radius 1 is 1.24 bits per heavy atom. The second-order valence-electron chi connectivity index (χ2n) is 8.60. The van der Waals surface area contributed by atoms with Crippen molar-refractivity contribution >= 4 is 17.7 Å². The number of rotatable bonds is 8. The van der Waals surface area contributed by atoms with Gasteiger partial charge in [-0.3, -0.25) is 4.79 Å². The van der Waals surface area contributed by atoms with Gasteiger partial charge >= 0.3 is 0 Å². The molecule has 0 aliphatic carbocycles. The molecule has 2 fully saturated rings. The van der Waals surface area contributed by atoms with E-state index in [0.29, 0.717) is 11.8 Å². The fraction of sp³-hybridized carbons (Fsp3) is 0.950. The number of amides is 1. The molecule has 170 valence electrons. The van der Waals surface area contributed by atoms with E-state index in [1.54, 1.807) is 6.26 Å². The number of hydrogen-bond acceptors (Lipinski definition) is 8. The maximum Gasteiger partial charge on any atom is 0.237 e. The summed E-state index contributed by atoms with van der Waals surface area (Å²) in [7, 11) is 0. The standard InChI is InChI=1S/C20H38N2O6S/c1-5-10(2)8-12-6-7-21-13(9-12)19(27)22-14(11(3)23)18-16(25)15(24)17(26)20(28-18)29-4/h10-18,20-21,23-26H,5-9H2,1-4H3,(H,22,27)/t10?,11-,12?,13?,14-,15?,16-,17-,18-,20-/m1/s1. The van der Waals surface area contributed by atoms with Gasteiger partial charge in [-0.15, -0.1) is 11.8 Å². The van der Waals surface area contributed by atoms with Crippen LogP contribution < -0.4 is 10.6 Å². The molecular formula is C20H38N2O6S. The normalized spacial score (nSPS) is 38.8. The molecule has 0 aromatic carbocycles. The van der Waals surface area contributed by atoms with Gasteiger partial charge < -0.3 is 35.8 Å². The summed E-state index contributed by atoms with van der Waals surface area (Å²) in [6.07, 6.45) is -0.445. The highest BCUT2D eigenvalue weighted by atomic mass is 32.2.